The number of rotatable bonds is 68. The van der Waals surface area contributed by atoms with Gasteiger partial charge in [-0.05, 0) is 57.8 Å². The molecule has 0 aromatic carbocycles. The second-order valence-corrected chi connectivity index (χ2v) is 28.5. The van der Waals surface area contributed by atoms with E-state index in [1.54, 1.807) is 6.08 Å². The first-order chi connectivity index (χ1) is 47.1. The largest absolute Gasteiger partial charge is 0.394 e. The van der Waals surface area contributed by atoms with Crippen LogP contribution in [0.15, 0.2) is 60.8 Å². The van der Waals surface area contributed by atoms with Gasteiger partial charge in [0.15, 0.2) is 12.6 Å². The fourth-order valence-electron chi connectivity index (χ4n) is 13.3. The van der Waals surface area contributed by atoms with Crippen molar-refractivity contribution in [3.8, 4) is 0 Å². The van der Waals surface area contributed by atoms with E-state index in [9.17, 15) is 45.6 Å². The Hall–Kier alpha value is -2.31. The Kier molecular flexibility index (Phi) is 61.7. The third-order valence-electron chi connectivity index (χ3n) is 19.7. The number of nitrogens with one attached hydrogen (secondary N) is 1. The summed E-state index contributed by atoms with van der Waals surface area (Å²) in [6, 6.07) is -0.916. The van der Waals surface area contributed by atoms with Gasteiger partial charge in [0.05, 0.1) is 32.0 Å². The molecule has 14 heteroatoms. The van der Waals surface area contributed by atoms with E-state index in [1.807, 2.05) is 6.08 Å². The van der Waals surface area contributed by atoms with Crippen LogP contribution >= 0.6 is 0 Å². The van der Waals surface area contributed by atoms with Crippen molar-refractivity contribution in [3.63, 3.8) is 0 Å². The molecule has 2 saturated heterocycles. The fourth-order valence-corrected chi connectivity index (χ4v) is 13.3. The van der Waals surface area contributed by atoms with Crippen LogP contribution in [0.5, 0.6) is 0 Å². The zero-order chi connectivity index (χ0) is 69.4. The third kappa shape index (κ3) is 48.5. The van der Waals surface area contributed by atoms with Gasteiger partial charge >= 0.3 is 0 Å². The first-order valence-electron chi connectivity index (χ1n) is 40.5. The summed E-state index contributed by atoms with van der Waals surface area (Å²) in [6.45, 7) is 2.75. The second-order valence-electron chi connectivity index (χ2n) is 28.5. The molecule has 0 aromatic rings. The molecule has 2 fully saturated rings. The Bertz CT molecular complexity index is 1840. The zero-order valence-electron chi connectivity index (χ0n) is 61.6. The summed E-state index contributed by atoms with van der Waals surface area (Å²) in [4.78, 5) is 13.4. The molecule has 14 nitrogen and oxygen atoms in total. The minimum atomic E-state index is -1.79. The molecule has 562 valence electrons. The quantitative estimate of drug-likeness (QED) is 0.0204. The standard InChI is InChI=1S/C82H151NO13/c1-3-5-7-9-11-13-15-17-19-21-23-25-27-29-31-32-33-34-35-36-37-38-40-42-44-46-48-50-52-54-56-58-60-62-64-66-74(87)83-70(69-93-81-79(92)77(90)80(73(68-85)95-81)96-82-78(91)76(89)75(88)72(67-84)94-82)71(86)65-63-61-59-57-55-53-51-49-47-45-43-41-39-30-28-26-24-22-20-18-16-14-12-10-8-6-4-2/h5,7,11,13,17,19,23,25,63,65,70-73,75-82,84-86,88-92H,3-4,6,8-10,12,14-16,18,20-22,24,26-62,64,66-69H2,1-2H3,(H,83,87)/b7-5-,13-11-,19-17-,25-23-,65-63+. The lowest BCUT2D eigenvalue weighted by Crippen LogP contribution is -2.65. The normalized spacial score (nSPS) is 22.5. The topological polar surface area (TPSA) is 228 Å². The van der Waals surface area contributed by atoms with Gasteiger partial charge < -0.3 is 65.1 Å². The maximum absolute atomic E-state index is 13.4. The number of aliphatic hydroxyl groups excluding tert-OH is 8. The van der Waals surface area contributed by atoms with Crippen LogP contribution in [0.4, 0.5) is 0 Å². The van der Waals surface area contributed by atoms with Crippen molar-refractivity contribution in [2.24, 2.45) is 0 Å². The molecule has 0 bridgehead atoms. The van der Waals surface area contributed by atoms with Crippen LogP contribution in [0.2, 0.25) is 0 Å². The highest BCUT2D eigenvalue weighted by Gasteiger charge is 2.51. The molecule has 0 radical (unpaired) electrons. The smallest absolute Gasteiger partial charge is 0.220 e. The number of hydrogen-bond donors (Lipinski definition) is 9. The third-order valence-corrected chi connectivity index (χ3v) is 19.7. The van der Waals surface area contributed by atoms with E-state index < -0.39 is 86.8 Å². The van der Waals surface area contributed by atoms with Crippen molar-refractivity contribution < 1.29 is 64.6 Å². The Labute approximate surface area is 587 Å². The fraction of sp³-hybridized carbons (Fsp3) is 0.866. The number of hydrogen-bond acceptors (Lipinski definition) is 13. The van der Waals surface area contributed by atoms with Crippen LogP contribution in [0.3, 0.4) is 0 Å². The van der Waals surface area contributed by atoms with Crippen LogP contribution in [-0.4, -0.2) is 140 Å². The molecule has 12 unspecified atom stereocenters. The van der Waals surface area contributed by atoms with Crippen molar-refractivity contribution in [3.05, 3.63) is 60.8 Å². The summed E-state index contributed by atoms with van der Waals surface area (Å²) in [7, 11) is 0. The lowest BCUT2D eigenvalue weighted by atomic mass is 9.97. The monoisotopic (exact) mass is 1360 g/mol. The van der Waals surface area contributed by atoms with Crippen LogP contribution in [0.25, 0.3) is 0 Å². The number of carbonyl (C=O) groups excluding carboxylic acids is 1. The first kappa shape index (κ1) is 89.8. The predicted molar refractivity (Wildman–Crippen MR) is 397 cm³/mol. The molecular weight excluding hydrogens is 1210 g/mol. The van der Waals surface area contributed by atoms with Gasteiger partial charge in [0.2, 0.25) is 5.91 Å². The zero-order valence-corrected chi connectivity index (χ0v) is 61.6. The van der Waals surface area contributed by atoms with Crippen molar-refractivity contribution in [2.75, 3.05) is 19.8 Å². The van der Waals surface area contributed by atoms with Gasteiger partial charge in [-0.2, -0.15) is 0 Å². The lowest BCUT2D eigenvalue weighted by Gasteiger charge is -2.46. The van der Waals surface area contributed by atoms with E-state index in [2.05, 4.69) is 67.8 Å². The highest BCUT2D eigenvalue weighted by atomic mass is 16.7. The Morgan fingerprint density at radius 3 is 1.10 bits per heavy atom. The van der Waals surface area contributed by atoms with Crippen LogP contribution < -0.4 is 5.32 Å². The predicted octanol–water partition coefficient (Wildman–Crippen LogP) is 18.4. The number of aliphatic hydroxyl groups is 8. The number of ether oxygens (including phenoxy) is 4. The molecule has 2 aliphatic heterocycles. The molecule has 9 N–H and O–H groups in total. The van der Waals surface area contributed by atoms with Crippen molar-refractivity contribution >= 4 is 5.91 Å². The summed E-state index contributed by atoms with van der Waals surface area (Å²) in [5.74, 6) is -0.232. The highest BCUT2D eigenvalue weighted by molar-refractivity contribution is 5.76. The van der Waals surface area contributed by atoms with Gasteiger partial charge in [-0.15, -0.1) is 0 Å². The molecule has 0 spiro atoms. The molecule has 0 aliphatic carbocycles. The number of unbranched alkanes of at least 4 members (excludes halogenated alkanes) is 47. The molecule has 2 rings (SSSR count). The summed E-state index contributed by atoms with van der Waals surface area (Å²) < 4.78 is 22.9. The van der Waals surface area contributed by atoms with E-state index in [-0.39, 0.29) is 18.9 Å². The van der Waals surface area contributed by atoms with Gasteiger partial charge in [-0.1, -0.05) is 357 Å². The van der Waals surface area contributed by atoms with Crippen LogP contribution in [0, 0.1) is 0 Å². The molecule has 1 amide bonds. The van der Waals surface area contributed by atoms with Crippen molar-refractivity contribution in [2.45, 2.75) is 434 Å². The Morgan fingerprint density at radius 1 is 0.385 bits per heavy atom. The summed E-state index contributed by atoms with van der Waals surface area (Å²) >= 11 is 0. The van der Waals surface area contributed by atoms with Gasteiger partial charge in [0, 0.05) is 6.42 Å². The average Bonchev–Trinajstić information content (AvgIpc) is 0.797. The number of carbonyl (C=O) groups is 1. The molecule has 0 aromatic heterocycles. The molecule has 2 aliphatic rings. The SMILES string of the molecule is CC/C=C\C/C=C\C/C=C\C/C=C\CCCCCCCCCCCCCCCCCCCCCCCCC(=O)NC(COC1OC(CO)C(OC2OC(CO)C(O)C(O)C2O)C(O)C1O)C(O)/C=C/CCCCCCCCCCCCCCCCCCCCCCCCCCC. The maximum atomic E-state index is 13.4. The summed E-state index contributed by atoms with van der Waals surface area (Å²) in [5, 5.41) is 87.7. The van der Waals surface area contributed by atoms with E-state index in [0.29, 0.717) is 6.42 Å². The van der Waals surface area contributed by atoms with E-state index in [1.165, 1.54) is 270 Å². The molecule has 12 atom stereocenters. The Balaban J connectivity index is 1.60. The molecule has 2 heterocycles. The van der Waals surface area contributed by atoms with Crippen LogP contribution in [-0.2, 0) is 23.7 Å². The average molecular weight is 1360 g/mol. The maximum Gasteiger partial charge on any atom is 0.220 e. The van der Waals surface area contributed by atoms with E-state index in [4.69, 9.17) is 18.9 Å². The van der Waals surface area contributed by atoms with Crippen molar-refractivity contribution in [1.29, 1.82) is 0 Å². The molecule has 0 saturated carbocycles. The Morgan fingerprint density at radius 2 is 0.719 bits per heavy atom. The summed E-state index contributed by atoms with van der Waals surface area (Å²) in [6.07, 6.45) is 73.0. The molecular formula is C82H151NO13. The van der Waals surface area contributed by atoms with Crippen molar-refractivity contribution in [1.82, 2.24) is 5.32 Å². The second kappa shape index (κ2) is 66.0. The van der Waals surface area contributed by atoms with Gasteiger partial charge in [-0.3, -0.25) is 4.79 Å². The van der Waals surface area contributed by atoms with Gasteiger partial charge in [-0.25, -0.2) is 0 Å². The van der Waals surface area contributed by atoms with Gasteiger partial charge in [0.1, 0.15) is 48.8 Å². The number of allylic oxidation sites excluding steroid dienone is 9. The lowest BCUT2D eigenvalue weighted by molar-refractivity contribution is -0.359. The minimum Gasteiger partial charge on any atom is -0.394 e. The minimum absolute atomic E-state index is 0.232. The number of amides is 1. The molecule has 96 heavy (non-hydrogen) atoms. The summed E-state index contributed by atoms with van der Waals surface area (Å²) in [5.41, 5.74) is 0. The van der Waals surface area contributed by atoms with Crippen LogP contribution in [0.1, 0.15) is 361 Å². The van der Waals surface area contributed by atoms with Gasteiger partial charge in [0.25, 0.3) is 0 Å². The highest BCUT2D eigenvalue weighted by Crippen LogP contribution is 2.30. The van der Waals surface area contributed by atoms with E-state index >= 15 is 0 Å². The van der Waals surface area contributed by atoms with E-state index in [0.717, 1.165) is 64.2 Å². The first-order valence-corrected chi connectivity index (χ1v) is 40.5.